The first-order valence-corrected chi connectivity index (χ1v) is 9.37. The van der Waals surface area contributed by atoms with E-state index in [1.54, 1.807) is 0 Å². The van der Waals surface area contributed by atoms with E-state index in [0.29, 0.717) is 22.9 Å². The van der Waals surface area contributed by atoms with Gasteiger partial charge in [0.2, 0.25) is 6.79 Å². The number of benzene rings is 3. The number of amides is 1. The van der Waals surface area contributed by atoms with Crippen LogP contribution in [0.5, 0.6) is 11.5 Å². The average Bonchev–Trinajstić information content (AvgIpc) is 3.18. The minimum absolute atomic E-state index is 0.0213. The van der Waals surface area contributed by atoms with E-state index in [4.69, 9.17) is 21.1 Å². The van der Waals surface area contributed by atoms with Gasteiger partial charge in [-0.2, -0.15) is 0 Å². The molecule has 6 heteroatoms. The third-order valence-electron chi connectivity index (χ3n) is 5.00. The first kappa shape index (κ1) is 17.0. The fourth-order valence-electron chi connectivity index (χ4n) is 3.60. The van der Waals surface area contributed by atoms with Gasteiger partial charge in [0.25, 0.3) is 5.91 Å². The van der Waals surface area contributed by atoms with Crippen LogP contribution in [0, 0.1) is 0 Å². The van der Waals surface area contributed by atoms with Crippen LogP contribution in [0.1, 0.15) is 27.7 Å². The number of ether oxygens (including phenoxy) is 2. The molecule has 2 aliphatic heterocycles. The molecule has 0 saturated heterocycles. The van der Waals surface area contributed by atoms with Crippen LogP contribution in [-0.4, -0.2) is 17.6 Å². The predicted octanol–water partition coefficient (Wildman–Crippen LogP) is 4.84. The van der Waals surface area contributed by atoms with Crippen molar-refractivity contribution < 1.29 is 14.3 Å². The molecule has 2 aliphatic rings. The minimum Gasteiger partial charge on any atom is -0.454 e. The number of fused-ring (bicyclic) bond motifs is 2. The molecule has 5 rings (SSSR count). The Kier molecular flexibility index (Phi) is 4.10. The number of rotatable bonds is 3. The molecule has 0 radical (unpaired) electrons. The Balaban J connectivity index is 1.53. The van der Waals surface area contributed by atoms with Crippen molar-refractivity contribution in [2.24, 2.45) is 0 Å². The van der Waals surface area contributed by atoms with Gasteiger partial charge < -0.3 is 19.7 Å². The molecule has 0 bridgehead atoms. The van der Waals surface area contributed by atoms with Gasteiger partial charge in [-0.3, -0.25) is 4.79 Å². The Morgan fingerprint density at radius 1 is 1.00 bits per heavy atom. The first-order chi connectivity index (χ1) is 13.7. The molecular formula is C22H17ClN2O3. The highest BCUT2D eigenvalue weighted by atomic mass is 35.5. The number of nitrogens with zero attached hydrogens (tertiary/aromatic N) is 1. The molecule has 3 aromatic carbocycles. The van der Waals surface area contributed by atoms with Crippen molar-refractivity contribution in [1.82, 2.24) is 4.90 Å². The van der Waals surface area contributed by atoms with Crippen molar-refractivity contribution in [3.63, 3.8) is 0 Å². The summed E-state index contributed by atoms with van der Waals surface area (Å²) < 4.78 is 10.9. The number of carbonyl (C=O) groups excluding carboxylic acids is 1. The SMILES string of the molecule is O=C1c2ccccc2N[C@H](c2ccc(Cl)cc2)N1Cc1ccc2c(c1)OCO2. The number of hydrogen-bond acceptors (Lipinski definition) is 4. The second-order valence-electron chi connectivity index (χ2n) is 6.76. The number of para-hydroxylation sites is 1. The Hall–Kier alpha value is -3.18. The lowest BCUT2D eigenvalue weighted by molar-refractivity contribution is 0.0666. The van der Waals surface area contributed by atoms with Crippen molar-refractivity contribution in [3.05, 3.63) is 88.4 Å². The molecule has 0 unspecified atom stereocenters. The van der Waals surface area contributed by atoms with Crippen LogP contribution in [0.25, 0.3) is 0 Å². The van der Waals surface area contributed by atoms with Crippen LogP contribution in [0.2, 0.25) is 5.02 Å². The zero-order valence-electron chi connectivity index (χ0n) is 14.9. The Morgan fingerprint density at radius 3 is 2.64 bits per heavy atom. The number of halogens is 1. The summed E-state index contributed by atoms with van der Waals surface area (Å²) in [6.45, 7) is 0.661. The minimum atomic E-state index is -0.301. The monoisotopic (exact) mass is 392 g/mol. The van der Waals surface area contributed by atoms with Crippen LogP contribution in [-0.2, 0) is 6.54 Å². The molecule has 0 aromatic heterocycles. The second-order valence-corrected chi connectivity index (χ2v) is 7.20. The largest absolute Gasteiger partial charge is 0.454 e. The van der Waals surface area contributed by atoms with E-state index in [0.717, 1.165) is 22.6 Å². The lowest BCUT2D eigenvalue weighted by atomic mass is 10.0. The molecule has 140 valence electrons. The Labute approximate surface area is 167 Å². The van der Waals surface area contributed by atoms with E-state index in [1.165, 1.54) is 0 Å². The van der Waals surface area contributed by atoms with E-state index in [-0.39, 0.29) is 18.9 Å². The van der Waals surface area contributed by atoms with Gasteiger partial charge in [0.05, 0.1) is 5.56 Å². The van der Waals surface area contributed by atoms with Gasteiger partial charge in [0.1, 0.15) is 6.17 Å². The van der Waals surface area contributed by atoms with Crippen molar-refractivity contribution in [3.8, 4) is 11.5 Å². The van der Waals surface area contributed by atoms with Gasteiger partial charge in [0.15, 0.2) is 11.5 Å². The molecule has 1 amide bonds. The molecule has 2 heterocycles. The molecule has 1 N–H and O–H groups in total. The van der Waals surface area contributed by atoms with Crippen LogP contribution >= 0.6 is 11.6 Å². The van der Waals surface area contributed by atoms with E-state index in [9.17, 15) is 4.79 Å². The summed E-state index contributed by atoms with van der Waals surface area (Å²) in [6, 6.07) is 20.9. The number of hydrogen-bond donors (Lipinski definition) is 1. The van der Waals surface area contributed by atoms with Gasteiger partial charge in [-0.1, -0.05) is 41.9 Å². The van der Waals surface area contributed by atoms with Crippen molar-refractivity contribution in [2.75, 3.05) is 12.1 Å². The quantitative estimate of drug-likeness (QED) is 0.693. The molecular weight excluding hydrogens is 376 g/mol. The van der Waals surface area contributed by atoms with Crippen LogP contribution in [0.15, 0.2) is 66.7 Å². The first-order valence-electron chi connectivity index (χ1n) is 8.99. The topological polar surface area (TPSA) is 50.8 Å². The maximum absolute atomic E-state index is 13.3. The summed E-state index contributed by atoms with van der Waals surface area (Å²) in [5, 5.41) is 4.15. The van der Waals surface area contributed by atoms with Gasteiger partial charge in [0, 0.05) is 17.3 Å². The molecule has 5 nitrogen and oxygen atoms in total. The van der Waals surface area contributed by atoms with Gasteiger partial charge in [-0.25, -0.2) is 0 Å². The second kappa shape index (κ2) is 6.77. The molecule has 0 aliphatic carbocycles. The van der Waals surface area contributed by atoms with Crippen LogP contribution in [0.3, 0.4) is 0 Å². The fourth-order valence-corrected chi connectivity index (χ4v) is 3.73. The summed E-state index contributed by atoms with van der Waals surface area (Å²) in [5.41, 5.74) is 3.42. The highest BCUT2D eigenvalue weighted by molar-refractivity contribution is 6.30. The summed E-state index contributed by atoms with van der Waals surface area (Å²) >= 11 is 6.05. The molecule has 0 saturated carbocycles. The summed E-state index contributed by atoms with van der Waals surface area (Å²) in [4.78, 5) is 15.1. The number of carbonyl (C=O) groups is 1. The maximum Gasteiger partial charge on any atom is 0.258 e. The smallest absolute Gasteiger partial charge is 0.258 e. The van der Waals surface area contributed by atoms with Gasteiger partial charge in [-0.05, 0) is 47.5 Å². The van der Waals surface area contributed by atoms with Crippen molar-refractivity contribution in [1.29, 1.82) is 0 Å². The average molecular weight is 393 g/mol. The molecule has 28 heavy (non-hydrogen) atoms. The zero-order valence-corrected chi connectivity index (χ0v) is 15.6. The van der Waals surface area contributed by atoms with Crippen LogP contribution < -0.4 is 14.8 Å². The lowest BCUT2D eigenvalue weighted by Crippen LogP contribution is -2.42. The maximum atomic E-state index is 13.3. The normalized spacial score (nSPS) is 17.2. The summed E-state index contributed by atoms with van der Waals surface area (Å²) in [6.07, 6.45) is -0.301. The van der Waals surface area contributed by atoms with Crippen LogP contribution in [0.4, 0.5) is 5.69 Å². The Bertz CT molecular complexity index is 1050. The number of anilines is 1. The van der Waals surface area contributed by atoms with E-state index in [1.807, 2.05) is 71.6 Å². The lowest BCUT2D eigenvalue weighted by Gasteiger charge is -2.38. The van der Waals surface area contributed by atoms with E-state index in [2.05, 4.69) is 5.32 Å². The highest BCUT2D eigenvalue weighted by Gasteiger charge is 2.33. The number of nitrogens with one attached hydrogen (secondary N) is 1. The fraction of sp³-hybridized carbons (Fsp3) is 0.136. The van der Waals surface area contributed by atoms with Gasteiger partial charge in [-0.15, -0.1) is 0 Å². The standard InChI is InChI=1S/C22H17ClN2O3/c23-16-8-6-15(7-9-16)21-24-18-4-2-1-3-17(18)22(26)25(21)12-14-5-10-19-20(11-14)28-13-27-19/h1-11,21,24H,12-13H2/t21-/m0/s1. The van der Waals surface area contributed by atoms with E-state index < -0.39 is 0 Å². The summed E-state index contributed by atoms with van der Waals surface area (Å²) in [5.74, 6) is 1.41. The predicted molar refractivity (Wildman–Crippen MR) is 107 cm³/mol. The molecule has 1 atom stereocenters. The molecule has 0 fully saturated rings. The summed E-state index contributed by atoms with van der Waals surface area (Å²) in [7, 11) is 0. The van der Waals surface area contributed by atoms with Crippen molar-refractivity contribution >= 4 is 23.2 Å². The Morgan fingerprint density at radius 2 is 1.79 bits per heavy atom. The van der Waals surface area contributed by atoms with Crippen molar-refractivity contribution in [2.45, 2.75) is 12.7 Å². The van der Waals surface area contributed by atoms with Gasteiger partial charge >= 0.3 is 0 Å². The molecule has 3 aromatic rings. The molecule has 0 spiro atoms. The third kappa shape index (κ3) is 2.94. The van der Waals surface area contributed by atoms with E-state index >= 15 is 0 Å². The third-order valence-corrected chi connectivity index (χ3v) is 5.25. The zero-order chi connectivity index (χ0) is 19.1. The highest BCUT2D eigenvalue weighted by Crippen LogP contribution is 2.37.